The first-order valence-electron chi connectivity index (χ1n) is 12.1. The molecule has 0 aromatic heterocycles. The van der Waals surface area contributed by atoms with Crippen molar-refractivity contribution in [1.29, 1.82) is 0 Å². The lowest BCUT2D eigenvalue weighted by atomic mass is 9.80. The Morgan fingerprint density at radius 2 is 1.33 bits per heavy atom. The first-order valence-corrected chi connectivity index (χ1v) is 12.1. The fourth-order valence-electron chi connectivity index (χ4n) is 5.52. The van der Waals surface area contributed by atoms with E-state index in [4.69, 9.17) is 15.2 Å². The van der Waals surface area contributed by atoms with E-state index >= 15 is 0 Å². The lowest BCUT2D eigenvalue weighted by Crippen LogP contribution is -2.36. The molecule has 0 bridgehead atoms. The van der Waals surface area contributed by atoms with Crippen LogP contribution in [0, 0.1) is 6.92 Å². The molecule has 0 saturated heterocycles. The van der Waals surface area contributed by atoms with Gasteiger partial charge in [-0.25, -0.2) is 0 Å². The summed E-state index contributed by atoms with van der Waals surface area (Å²) >= 11 is 0. The highest BCUT2D eigenvalue weighted by atomic mass is 16.7. The average Bonchev–Trinajstić information content (AvgIpc) is 2.90. The molecule has 0 saturated carbocycles. The van der Waals surface area contributed by atoms with Gasteiger partial charge in [0.05, 0.1) is 0 Å². The SMILES string of the molecule is CCC(N)(CC)c1ccc2c(c1)OC(C)(C)Oc1cc3c(cc1-2)C(C)(C)c1cc(C)ccc1-3. The number of fused-ring (bicyclic) bond motifs is 6. The quantitative estimate of drug-likeness (QED) is 0.459. The van der Waals surface area contributed by atoms with E-state index in [9.17, 15) is 0 Å². The lowest BCUT2D eigenvalue weighted by Gasteiger charge is -2.29. The number of hydrogen-bond acceptors (Lipinski definition) is 3. The van der Waals surface area contributed by atoms with E-state index < -0.39 is 5.79 Å². The van der Waals surface area contributed by atoms with Gasteiger partial charge in [-0.15, -0.1) is 0 Å². The molecule has 0 spiro atoms. The first kappa shape index (κ1) is 22.0. The second kappa shape index (κ2) is 7.11. The fourth-order valence-corrected chi connectivity index (χ4v) is 5.52. The van der Waals surface area contributed by atoms with Crippen LogP contribution in [-0.4, -0.2) is 5.79 Å². The Bertz CT molecular complexity index is 1260. The lowest BCUT2D eigenvalue weighted by molar-refractivity contribution is -0.0779. The van der Waals surface area contributed by atoms with E-state index in [1.54, 1.807) is 0 Å². The highest BCUT2D eigenvalue weighted by molar-refractivity contribution is 5.88. The molecule has 2 aliphatic rings. The molecule has 2 N–H and O–H groups in total. The Morgan fingerprint density at radius 3 is 2.00 bits per heavy atom. The Labute approximate surface area is 197 Å². The van der Waals surface area contributed by atoms with Crippen molar-refractivity contribution in [1.82, 2.24) is 0 Å². The maximum absolute atomic E-state index is 6.74. The molecule has 0 atom stereocenters. The van der Waals surface area contributed by atoms with E-state index in [2.05, 4.69) is 83.1 Å². The van der Waals surface area contributed by atoms with Crippen molar-refractivity contribution in [3.63, 3.8) is 0 Å². The molecule has 0 amide bonds. The predicted molar refractivity (Wildman–Crippen MR) is 136 cm³/mol. The van der Waals surface area contributed by atoms with E-state index in [1.807, 2.05) is 13.8 Å². The minimum atomic E-state index is -0.799. The highest BCUT2D eigenvalue weighted by Crippen LogP contribution is 2.54. The third-order valence-corrected chi connectivity index (χ3v) is 7.75. The number of nitrogens with two attached hydrogens (primary N) is 1. The first-order chi connectivity index (χ1) is 15.5. The van der Waals surface area contributed by atoms with Gasteiger partial charge in [-0.3, -0.25) is 0 Å². The maximum Gasteiger partial charge on any atom is 0.245 e. The van der Waals surface area contributed by atoms with E-state index in [0.29, 0.717) is 0 Å². The van der Waals surface area contributed by atoms with Crippen LogP contribution in [0.15, 0.2) is 48.5 Å². The zero-order valence-electron chi connectivity index (χ0n) is 20.9. The molecule has 33 heavy (non-hydrogen) atoms. The predicted octanol–water partition coefficient (Wildman–Crippen LogP) is 7.45. The van der Waals surface area contributed by atoms with Crippen LogP contribution in [0.2, 0.25) is 0 Å². The van der Waals surface area contributed by atoms with Gasteiger partial charge in [-0.1, -0.05) is 63.6 Å². The Hall–Kier alpha value is -2.78. The van der Waals surface area contributed by atoms with E-state index in [0.717, 1.165) is 41.0 Å². The van der Waals surface area contributed by atoms with E-state index in [1.165, 1.54) is 27.8 Å². The summed E-state index contributed by atoms with van der Waals surface area (Å²) in [5, 5.41) is 0. The third-order valence-electron chi connectivity index (χ3n) is 7.75. The second-order valence-electron chi connectivity index (χ2n) is 10.7. The van der Waals surface area contributed by atoms with Gasteiger partial charge < -0.3 is 15.2 Å². The van der Waals surface area contributed by atoms with Crippen molar-refractivity contribution in [3.8, 4) is 33.8 Å². The number of benzene rings is 3. The van der Waals surface area contributed by atoms with Crippen molar-refractivity contribution < 1.29 is 9.47 Å². The summed E-state index contributed by atoms with van der Waals surface area (Å²) in [6.07, 6.45) is 1.75. The van der Waals surface area contributed by atoms with Crippen LogP contribution >= 0.6 is 0 Å². The van der Waals surface area contributed by atoms with Crippen LogP contribution < -0.4 is 15.2 Å². The molecule has 3 aromatic carbocycles. The van der Waals surface area contributed by atoms with Crippen LogP contribution in [0.5, 0.6) is 11.5 Å². The molecule has 0 radical (unpaired) electrons. The van der Waals surface area contributed by atoms with Crippen molar-refractivity contribution >= 4 is 0 Å². The molecule has 3 heteroatoms. The van der Waals surface area contributed by atoms with Crippen molar-refractivity contribution in [3.05, 3.63) is 70.8 Å². The minimum absolute atomic E-state index is 0.0780. The molecule has 3 aromatic rings. The molecular weight excluding hydrogens is 406 g/mol. The summed E-state index contributed by atoms with van der Waals surface area (Å²) in [5.74, 6) is 0.892. The summed E-state index contributed by atoms with van der Waals surface area (Å²) in [4.78, 5) is 0. The Balaban J connectivity index is 1.74. The van der Waals surface area contributed by atoms with Crippen LogP contribution in [0.4, 0.5) is 0 Å². The summed E-state index contributed by atoms with van der Waals surface area (Å²) in [6, 6.07) is 17.7. The summed E-state index contributed by atoms with van der Waals surface area (Å²) in [7, 11) is 0. The van der Waals surface area contributed by atoms with Crippen LogP contribution in [-0.2, 0) is 11.0 Å². The third kappa shape index (κ3) is 3.28. The topological polar surface area (TPSA) is 44.5 Å². The smallest absolute Gasteiger partial charge is 0.245 e. The average molecular weight is 442 g/mol. The highest BCUT2D eigenvalue weighted by Gasteiger charge is 2.39. The maximum atomic E-state index is 6.74. The number of rotatable bonds is 3. The van der Waals surface area contributed by atoms with Crippen LogP contribution in [0.3, 0.4) is 0 Å². The van der Waals surface area contributed by atoms with E-state index in [-0.39, 0.29) is 11.0 Å². The summed E-state index contributed by atoms with van der Waals surface area (Å²) in [6.45, 7) is 15.0. The van der Waals surface area contributed by atoms with Gasteiger partial charge in [0.25, 0.3) is 0 Å². The van der Waals surface area contributed by atoms with Gasteiger partial charge in [0.15, 0.2) is 0 Å². The number of hydrogen-bond donors (Lipinski definition) is 1. The fraction of sp³-hybridized carbons (Fsp3) is 0.400. The standard InChI is InChI=1S/C30H35NO2/c1-8-30(31,9-2)19-11-13-21-23-16-25-22(17-27(23)33-29(6,7)32-26(21)15-19)20-12-10-18(3)14-24(20)28(25,4)5/h10-17H,8-9,31H2,1-7H3. The molecule has 1 heterocycles. The van der Waals surface area contributed by atoms with Crippen molar-refractivity contribution in [2.24, 2.45) is 5.73 Å². The molecule has 1 aliphatic carbocycles. The zero-order chi connectivity index (χ0) is 23.8. The molecule has 5 rings (SSSR count). The van der Waals surface area contributed by atoms with Crippen molar-refractivity contribution in [2.75, 3.05) is 0 Å². The van der Waals surface area contributed by atoms with Gasteiger partial charge in [0.2, 0.25) is 5.79 Å². The molecule has 0 unspecified atom stereocenters. The van der Waals surface area contributed by atoms with Crippen molar-refractivity contribution in [2.45, 2.75) is 78.0 Å². The molecular formula is C30H35NO2. The summed E-state index contributed by atoms with van der Waals surface area (Å²) < 4.78 is 12.9. The number of ether oxygens (including phenoxy) is 2. The molecule has 0 fully saturated rings. The summed E-state index contributed by atoms with van der Waals surface area (Å²) in [5.41, 5.74) is 16.1. The molecule has 3 nitrogen and oxygen atoms in total. The Morgan fingerprint density at radius 1 is 0.727 bits per heavy atom. The van der Waals surface area contributed by atoms with Gasteiger partial charge in [-0.2, -0.15) is 0 Å². The number of aryl methyl sites for hydroxylation is 1. The second-order valence-corrected chi connectivity index (χ2v) is 10.7. The normalized spacial score (nSPS) is 17.1. The minimum Gasteiger partial charge on any atom is -0.452 e. The van der Waals surface area contributed by atoms with Crippen LogP contribution in [0.1, 0.15) is 76.6 Å². The molecule has 172 valence electrons. The van der Waals surface area contributed by atoms with Gasteiger partial charge >= 0.3 is 0 Å². The molecule has 1 aliphatic heterocycles. The Kier molecular flexibility index (Phi) is 4.75. The monoisotopic (exact) mass is 441 g/mol. The largest absolute Gasteiger partial charge is 0.452 e. The zero-order valence-corrected chi connectivity index (χ0v) is 20.9. The van der Waals surface area contributed by atoms with Gasteiger partial charge in [-0.05, 0) is 65.8 Å². The van der Waals surface area contributed by atoms with Gasteiger partial charge in [0.1, 0.15) is 11.5 Å². The van der Waals surface area contributed by atoms with Gasteiger partial charge in [0, 0.05) is 35.9 Å². The van der Waals surface area contributed by atoms with Crippen LogP contribution in [0.25, 0.3) is 22.3 Å².